The summed E-state index contributed by atoms with van der Waals surface area (Å²) < 4.78 is 6.78. The lowest BCUT2D eigenvalue weighted by Gasteiger charge is -2.39. The van der Waals surface area contributed by atoms with Gasteiger partial charge in [0.1, 0.15) is 11.5 Å². The molecule has 0 bridgehead atoms. The van der Waals surface area contributed by atoms with Crippen LogP contribution in [-0.2, 0) is 5.41 Å². The molecular weight excluding hydrogens is 707 g/mol. The first-order valence-electron chi connectivity index (χ1n) is 19.7. The van der Waals surface area contributed by atoms with E-state index in [2.05, 4.69) is 170 Å². The first-order valence-corrected chi connectivity index (χ1v) is 19.7. The summed E-state index contributed by atoms with van der Waals surface area (Å²) in [6.07, 6.45) is 0. The molecule has 0 unspecified atom stereocenters. The van der Waals surface area contributed by atoms with Gasteiger partial charge in [0.05, 0.1) is 5.41 Å². The highest BCUT2D eigenvalue weighted by Gasteiger charge is 2.50. The van der Waals surface area contributed by atoms with Crippen LogP contribution in [-0.4, -0.2) is 15.0 Å². The molecule has 4 heteroatoms. The molecule has 0 atom stereocenters. The van der Waals surface area contributed by atoms with Gasteiger partial charge in [0.15, 0.2) is 17.5 Å². The average molecular weight is 740 g/mol. The van der Waals surface area contributed by atoms with Crippen LogP contribution in [0.3, 0.4) is 0 Å². The van der Waals surface area contributed by atoms with Gasteiger partial charge in [-0.2, -0.15) is 0 Å². The van der Waals surface area contributed by atoms with Crippen LogP contribution in [0.2, 0.25) is 0 Å². The second kappa shape index (κ2) is 12.7. The van der Waals surface area contributed by atoms with Crippen molar-refractivity contribution >= 4 is 21.5 Å². The Kier molecular flexibility index (Phi) is 7.11. The minimum absolute atomic E-state index is 0.481. The second-order valence-corrected chi connectivity index (χ2v) is 15.1. The van der Waals surface area contributed by atoms with Crippen LogP contribution in [0.4, 0.5) is 0 Å². The van der Waals surface area contributed by atoms with Gasteiger partial charge in [-0.3, -0.25) is 0 Å². The Balaban J connectivity index is 0.950. The Morgan fingerprint density at radius 3 is 1.59 bits per heavy atom. The number of hydrogen-bond acceptors (Lipinski definition) is 4. The number of rotatable bonds is 4. The summed E-state index contributed by atoms with van der Waals surface area (Å²) in [6, 6.07) is 70.8. The maximum absolute atomic E-state index is 6.78. The molecule has 0 saturated heterocycles. The molecule has 1 aromatic heterocycles. The number of aromatic nitrogens is 3. The molecule has 12 rings (SSSR count). The van der Waals surface area contributed by atoms with Gasteiger partial charge in [-0.25, -0.2) is 15.0 Å². The van der Waals surface area contributed by atoms with E-state index < -0.39 is 5.41 Å². The van der Waals surface area contributed by atoms with E-state index in [9.17, 15) is 0 Å². The minimum Gasteiger partial charge on any atom is -0.457 e. The summed E-state index contributed by atoms with van der Waals surface area (Å²) in [6.45, 7) is 0. The van der Waals surface area contributed by atoms with E-state index in [-0.39, 0.29) is 0 Å². The lowest BCUT2D eigenvalue weighted by Crippen LogP contribution is -2.32. The Labute approximate surface area is 335 Å². The predicted octanol–water partition coefficient (Wildman–Crippen LogP) is 13.3. The first kappa shape index (κ1) is 32.5. The van der Waals surface area contributed by atoms with Gasteiger partial charge in [0.25, 0.3) is 0 Å². The van der Waals surface area contributed by atoms with Crippen LogP contribution in [0.1, 0.15) is 22.3 Å². The first-order chi connectivity index (χ1) is 28.7. The summed E-state index contributed by atoms with van der Waals surface area (Å²) in [5.74, 6) is 3.65. The van der Waals surface area contributed by atoms with Crippen molar-refractivity contribution in [1.82, 2.24) is 15.0 Å². The van der Waals surface area contributed by atoms with Crippen LogP contribution in [0.15, 0.2) is 200 Å². The van der Waals surface area contributed by atoms with Crippen molar-refractivity contribution in [3.63, 3.8) is 0 Å². The third-order valence-electron chi connectivity index (χ3n) is 12.0. The number of fused-ring (bicyclic) bond motifs is 12. The molecule has 0 fully saturated rings. The predicted molar refractivity (Wildman–Crippen MR) is 234 cm³/mol. The highest BCUT2D eigenvalue weighted by molar-refractivity contribution is 6.08. The molecule has 1 aliphatic heterocycles. The van der Waals surface area contributed by atoms with Crippen molar-refractivity contribution in [3.8, 4) is 67.9 Å². The lowest BCUT2D eigenvalue weighted by molar-refractivity contribution is 0.436. The molecule has 0 saturated carbocycles. The van der Waals surface area contributed by atoms with E-state index in [1.54, 1.807) is 0 Å². The van der Waals surface area contributed by atoms with E-state index in [1.807, 2.05) is 30.3 Å². The number of benzene rings is 9. The minimum atomic E-state index is -0.481. The zero-order chi connectivity index (χ0) is 38.2. The molecule has 9 aromatic carbocycles. The SMILES string of the molecule is c1ccc(-c2nc(-c3ccc(-c4ccc5c(c4)Oc4ccccc4C54c5ccccc5-c5ccccc54)cc3)nc(-c3ccc4c(ccc5ccccc54)c3)n2)cc1. The number of para-hydroxylation sites is 1. The van der Waals surface area contributed by atoms with Crippen LogP contribution in [0.5, 0.6) is 11.5 Å². The molecule has 58 heavy (non-hydrogen) atoms. The largest absolute Gasteiger partial charge is 0.457 e. The molecule has 0 N–H and O–H groups in total. The molecule has 1 aliphatic carbocycles. The summed E-state index contributed by atoms with van der Waals surface area (Å²) in [4.78, 5) is 15.1. The third-order valence-corrected chi connectivity index (χ3v) is 12.0. The zero-order valence-corrected chi connectivity index (χ0v) is 31.3. The van der Waals surface area contributed by atoms with Gasteiger partial charge < -0.3 is 4.74 Å². The summed E-state index contributed by atoms with van der Waals surface area (Å²) in [5, 5.41) is 4.81. The molecule has 2 aliphatic rings. The molecule has 0 radical (unpaired) electrons. The zero-order valence-electron chi connectivity index (χ0n) is 31.3. The third kappa shape index (κ3) is 4.85. The van der Waals surface area contributed by atoms with Crippen molar-refractivity contribution in [2.24, 2.45) is 0 Å². The average Bonchev–Trinajstić information content (AvgIpc) is 3.59. The van der Waals surface area contributed by atoms with E-state index in [0.717, 1.165) is 50.3 Å². The maximum Gasteiger partial charge on any atom is 0.164 e. The Hall–Kier alpha value is -7.69. The monoisotopic (exact) mass is 739 g/mol. The summed E-state index contributed by atoms with van der Waals surface area (Å²) >= 11 is 0. The molecule has 270 valence electrons. The highest BCUT2D eigenvalue weighted by Crippen LogP contribution is 2.62. The quantitative estimate of drug-likeness (QED) is 0.169. The van der Waals surface area contributed by atoms with Gasteiger partial charge in [-0.1, -0.05) is 182 Å². The lowest BCUT2D eigenvalue weighted by atomic mass is 9.66. The fourth-order valence-corrected chi connectivity index (χ4v) is 9.35. The maximum atomic E-state index is 6.78. The van der Waals surface area contributed by atoms with Gasteiger partial charge >= 0.3 is 0 Å². The van der Waals surface area contributed by atoms with Gasteiger partial charge in [-0.15, -0.1) is 0 Å². The molecule has 2 heterocycles. The highest BCUT2D eigenvalue weighted by atomic mass is 16.5. The van der Waals surface area contributed by atoms with Crippen molar-refractivity contribution in [1.29, 1.82) is 0 Å². The standard InChI is InChI=1S/C54H33N3O/c1-2-13-36(14-3-1)51-55-52(57-53(56-51)40-28-30-42-39(32-40)27-24-35-12-4-5-15-41(35)42)37-25-22-34(23-26-37)38-29-31-48-50(33-38)58-49-21-11-10-20-47(49)54(48)45-18-8-6-16-43(45)44-17-7-9-19-46(44)54/h1-33H. The van der Waals surface area contributed by atoms with Gasteiger partial charge in [0, 0.05) is 27.8 Å². The van der Waals surface area contributed by atoms with Crippen LogP contribution < -0.4 is 4.74 Å². The summed E-state index contributed by atoms with van der Waals surface area (Å²) in [7, 11) is 0. The van der Waals surface area contributed by atoms with E-state index in [4.69, 9.17) is 19.7 Å². The van der Waals surface area contributed by atoms with Gasteiger partial charge in [0.2, 0.25) is 0 Å². The van der Waals surface area contributed by atoms with Crippen molar-refractivity contribution in [2.75, 3.05) is 0 Å². The second-order valence-electron chi connectivity index (χ2n) is 15.1. The smallest absolute Gasteiger partial charge is 0.164 e. The van der Waals surface area contributed by atoms with Gasteiger partial charge in [-0.05, 0) is 73.1 Å². The molecule has 10 aromatic rings. The van der Waals surface area contributed by atoms with Crippen molar-refractivity contribution < 1.29 is 4.74 Å². The van der Waals surface area contributed by atoms with Crippen molar-refractivity contribution in [2.45, 2.75) is 5.41 Å². The fraction of sp³-hybridized carbons (Fsp3) is 0.0185. The molecule has 4 nitrogen and oxygen atoms in total. The number of ether oxygens (including phenoxy) is 1. The van der Waals surface area contributed by atoms with E-state index in [0.29, 0.717) is 17.5 Å². The van der Waals surface area contributed by atoms with Crippen LogP contribution >= 0.6 is 0 Å². The number of nitrogens with zero attached hydrogens (tertiary/aromatic N) is 3. The Morgan fingerprint density at radius 1 is 0.310 bits per heavy atom. The molecule has 1 spiro atoms. The van der Waals surface area contributed by atoms with E-state index in [1.165, 1.54) is 44.0 Å². The fourth-order valence-electron chi connectivity index (χ4n) is 9.35. The van der Waals surface area contributed by atoms with E-state index >= 15 is 0 Å². The van der Waals surface area contributed by atoms with Crippen LogP contribution in [0.25, 0.3) is 78.0 Å². The number of hydrogen-bond donors (Lipinski definition) is 0. The molecular formula is C54H33N3O. The normalized spacial score (nSPS) is 13.1. The summed E-state index contributed by atoms with van der Waals surface area (Å²) in [5.41, 5.74) is 11.9. The Bertz CT molecular complexity index is 3220. The Morgan fingerprint density at radius 2 is 0.828 bits per heavy atom. The van der Waals surface area contributed by atoms with Crippen LogP contribution in [0, 0.1) is 0 Å². The topological polar surface area (TPSA) is 47.9 Å². The van der Waals surface area contributed by atoms with Crippen molar-refractivity contribution in [3.05, 3.63) is 222 Å². The molecule has 0 amide bonds.